The summed E-state index contributed by atoms with van der Waals surface area (Å²) in [6, 6.07) is 11.6. The van der Waals surface area contributed by atoms with Crippen molar-refractivity contribution in [1.82, 2.24) is 19.7 Å². The van der Waals surface area contributed by atoms with Gasteiger partial charge in [0.25, 0.3) is 0 Å². The van der Waals surface area contributed by atoms with Gasteiger partial charge in [-0.25, -0.2) is 4.68 Å². The van der Waals surface area contributed by atoms with Gasteiger partial charge in [-0.15, -0.1) is 0 Å². The van der Waals surface area contributed by atoms with Crippen molar-refractivity contribution in [2.75, 3.05) is 18.8 Å². The molecule has 7 nitrogen and oxygen atoms in total. The highest BCUT2D eigenvalue weighted by atomic mass is 16.2. The molecule has 154 valence electrons. The Morgan fingerprint density at radius 3 is 2.60 bits per heavy atom. The molecule has 30 heavy (non-hydrogen) atoms. The largest absolute Gasteiger partial charge is 0.383 e. The molecule has 2 aromatic heterocycles. The van der Waals surface area contributed by atoms with Gasteiger partial charge >= 0.3 is 0 Å². The van der Waals surface area contributed by atoms with E-state index < -0.39 is 0 Å². The highest BCUT2D eigenvalue weighted by Crippen LogP contribution is 2.26. The number of nitrogens with two attached hydrogens (primary N) is 1. The summed E-state index contributed by atoms with van der Waals surface area (Å²) in [5.41, 5.74) is 9.71. The molecule has 1 aliphatic rings. The van der Waals surface area contributed by atoms with Crippen LogP contribution in [0.1, 0.15) is 34.3 Å². The van der Waals surface area contributed by atoms with E-state index in [1.54, 1.807) is 22.0 Å². The van der Waals surface area contributed by atoms with Crippen LogP contribution in [0.25, 0.3) is 5.69 Å². The van der Waals surface area contributed by atoms with Gasteiger partial charge in [-0.05, 0) is 49.6 Å². The topological polar surface area (TPSA) is 94.1 Å². The Labute approximate surface area is 175 Å². The van der Waals surface area contributed by atoms with E-state index in [1.807, 2.05) is 43.3 Å². The molecule has 1 unspecified atom stereocenters. The number of benzene rings is 1. The summed E-state index contributed by atoms with van der Waals surface area (Å²) in [5.74, 6) is 0.125. The van der Waals surface area contributed by atoms with Gasteiger partial charge in [0.05, 0.1) is 17.4 Å². The Morgan fingerprint density at radius 1 is 1.13 bits per heavy atom. The summed E-state index contributed by atoms with van der Waals surface area (Å²) in [7, 11) is 0. The van der Waals surface area contributed by atoms with E-state index in [0.717, 1.165) is 16.8 Å². The zero-order chi connectivity index (χ0) is 21.1. The Hall–Kier alpha value is -3.48. The van der Waals surface area contributed by atoms with E-state index in [4.69, 9.17) is 5.73 Å². The standard InChI is InChI=1S/C23H25N5O2/c1-16-2-5-19(6-3-16)28-23(24)20(14-26-28)22(30)18-10-13-27(15-18)21(29)7-4-17-8-11-25-12-9-17/h2-3,5-6,8-9,11-12,14,18H,4,7,10,13,15,24H2,1H3. The number of anilines is 1. The monoisotopic (exact) mass is 403 g/mol. The zero-order valence-electron chi connectivity index (χ0n) is 17.0. The number of hydrogen-bond donors (Lipinski definition) is 1. The smallest absolute Gasteiger partial charge is 0.222 e. The minimum absolute atomic E-state index is 0.0460. The number of amides is 1. The third kappa shape index (κ3) is 4.10. The highest BCUT2D eigenvalue weighted by molar-refractivity contribution is 6.02. The molecule has 0 aliphatic carbocycles. The maximum Gasteiger partial charge on any atom is 0.222 e. The number of rotatable bonds is 6. The van der Waals surface area contributed by atoms with Gasteiger partial charge in [-0.1, -0.05) is 17.7 Å². The summed E-state index contributed by atoms with van der Waals surface area (Å²) in [6.07, 6.45) is 6.74. The first-order valence-electron chi connectivity index (χ1n) is 10.1. The van der Waals surface area contributed by atoms with Crippen LogP contribution >= 0.6 is 0 Å². The fourth-order valence-corrected chi connectivity index (χ4v) is 3.82. The highest BCUT2D eigenvalue weighted by Gasteiger charge is 2.33. The number of hydrogen-bond acceptors (Lipinski definition) is 5. The number of pyridine rings is 1. The molecule has 1 aromatic carbocycles. The predicted molar refractivity (Wildman–Crippen MR) is 114 cm³/mol. The van der Waals surface area contributed by atoms with Gasteiger partial charge in [0.15, 0.2) is 5.78 Å². The van der Waals surface area contributed by atoms with Crippen molar-refractivity contribution >= 4 is 17.5 Å². The molecule has 2 N–H and O–H groups in total. The number of nitrogens with zero attached hydrogens (tertiary/aromatic N) is 4. The van der Waals surface area contributed by atoms with Crippen molar-refractivity contribution in [3.8, 4) is 5.69 Å². The lowest BCUT2D eigenvalue weighted by Gasteiger charge is -2.16. The van der Waals surface area contributed by atoms with Crippen molar-refractivity contribution < 1.29 is 9.59 Å². The Kier molecular flexibility index (Phi) is 5.61. The number of aromatic nitrogens is 3. The summed E-state index contributed by atoms with van der Waals surface area (Å²) in [6.45, 7) is 3.04. The van der Waals surface area contributed by atoms with Gasteiger partial charge in [0, 0.05) is 37.8 Å². The molecule has 1 saturated heterocycles. The first-order valence-corrected chi connectivity index (χ1v) is 10.1. The summed E-state index contributed by atoms with van der Waals surface area (Å²) in [4.78, 5) is 31.4. The maximum absolute atomic E-state index is 13.0. The molecule has 1 fully saturated rings. The van der Waals surface area contributed by atoms with Crippen LogP contribution in [0.3, 0.4) is 0 Å². The van der Waals surface area contributed by atoms with Crippen LogP contribution in [0.15, 0.2) is 55.0 Å². The second-order valence-electron chi connectivity index (χ2n) is 7.74. The van der Waals surface area contributed by atoms with Gasteiger partial charge in [-0.2, -0.15) is 5.10 Å². The maximum atomic E-state index is 13.0. The first-order chi connectivity index (χ1) is 14.5. The first kappa shape index (κ1) is 19.8. The number of aryl methyl sites for hydroxylation is 2. The molecule has 1 aliphatic heterocycles. The van der Waals surface area contributed by atoms with Crippen LogP contribution in [0.5, 0.6) is 0 Å². The van der Waals surface area contributed by atoms with E-state index in [-0.39, 0.29) is 17.6 Å². The predicted octanol–water partition coefficient (Wildman–Crippen LogP) is 2.82. The van der Waals surface area contributed by atoms with Crippen LogP contribution in [-0.2, 0) is 11.2 Å². The average Bonchev–Trinajstić information content (AvgIpc) is 3.40. The molecule has 1 amide bonds. The molecule has 0 bridgehead atoms. The Bertz CT molecular complexity index is 1040. The number of likely N-dealkylation sites (tertiary alicyclic amines) is 1. The van der Waals surface area contributed by atoms with Crippen LogP contribution in [-0.4, -0.2) is 44.4 Å². The van der Waals surface area contributed by atoms with E-state index in [1.165, 1.54) is 6.20 Å². The molecule has 1 atom stereocenters. The van der Waals surface area contributed by atoms with Crippen LogP contribution < -0.4 is 5.73 Å². The van der Waals surface area contributed by atoms with Crippen LogP contribution in [0.4, 0.5) is 5.82 Å². The van der Waals surface area contributed by atoms with Gasteiger partial charge in [-0.3, -0.25) is 14.6 Å². The fourth-order valence-electron chi connectivity index (χ4n) is 3.82. The lowest BCUT2D eigenvalue weighted by atomic mass is 9.98. The third-order valence-corrected chi connectivity index (χ3v) is 5.64. The average molecular weight is 403 g/mol. The molecular formula is C23H25N5O2. The number of carbonyl (C=O) groups is 2. The van der Waals surface area contributed by atoms with Gasteiger partial charge < -0.3 is 10.6 Å². The number of ketones is 1. The van der Waals surface area contributed by atoms with Gasteiger partial charge in [0.2, 0.25) is 5.91 Å². The van der Waals surface area contributed by atoms with Crippen LogP contribution in [0.2, 0.25) is 0 Å². The SMILES string of the molecule is Cc1ccc(-n2ncc(C(=O)C3CCN(C(=O)CCc4ccncc4)C3)c2N)cc1. The quantitative estimate of drug-likeness (QED) is 0.639. The molecule has 0 saturated carbocycles. The van der Waals surface area contributed by atoms with Crippen molar-refractivity contribution in [2.45, 2.75) is 26.2 Å². The third-order valence-electron chi connectivity index (χ3n) is 5.64. The molecule has 3 aromatic rings. The second-order valence-corrected chi connectivity index (χ2v) is 7.74. The number of nitrogen functional groups attached to an aromatic ring is 1. The lowest BCUT2D eigenvalue weighted by Crippen LogP contribution is -2.30. The molecule has 3 heterocycles. The van der Waals surface area contributed by atoms with Crippen molar-refractivity contribution in [3.63, 3.8) is 0 Å². The number of carbonyl (C=O) groups excluding carboxylic acids is 2. The number of Topliss-reactive ketones (excluding diaryl/α,β-unsaturated/α-hetero) is 1. The normalized spacial score (nSPS) is 16.0. The lowest BCUT2D eigenvalue weighted by molar-refractivity contribution is -0.130. The van der Waals surface area contributed by atoms with Crippen molar-refractivity contribution in [1.29, 1.82) is 0 Å². The van der Waals surface area contributed by atoms with E-state index in [9.17, 15) is 9.59 Å². The molecule has 0 radical (unpaired) electrons. The molecule has 0 spiro atoms. The van der Waals surface area contributed by atoms with E-state index >= 15 is 0 Å². The minimum atomic E-state index is -0.243. The van der Waals surface area contributed by atoms with Crippen molar-refractivity contribution in [3.05, 3.63) is 71.7 Å². The fraction of sp³-hybridized carbons (Fsp3) is 0.304. The van der Waals surface area contributed by atoms with E-state index in [2.05, 4.69) is 10.1 Å². The Balaban J connectivity index is 1.39. The Morgan fingerprint density at radius 2 is 1.87 bits per heavy atom. The second kappa shape index (κ2) is 8.49. The summed E-state index contributed by atoms with van der Waals surface area (Å²) in [5, 5.41) is 4.31. The minimum Gasteiger partial charge on any atom is -0.383 e. The molecule has 7 heteroatoms. The van der Waals surface area contributed by atoms with Crippen LogP contribution in [0, 0.1) is 12.8 Å². The zero-order valence-corrected chi connectivity index (χ0v) is 17.0. The molecular weight excluding hydrogens is 378 g/mol. The van der Waals surface area contributed by atoms with Gasteiger partial charge in [0.1, 0.15) is 5.82 Å². The molecule has 4 rings (SSSR count). The summed E-state index contributed by atoms with van der Waals surface area (Å²) < 4.78 is 1.58. The van der Waals surface area contributed by atoms with Crippen molar-refractivity contribution in [2.24, 2.45) is 5.92 Å². The van der Waals surface area contributed by atoms with E-state index in [0.29, 0.717) is 43.7 Å². The summed E-state index contributed by atoms with van der Waals surface area (Å²) >= 11 is 0.